The van der Waals surface area contributed by atoms with Crippen molar-refractivity contribution < 1.29 is 0 Å². The SMILES string of the molecule is Cc1cc(C)c(C(C)CCCl)c(C)c1. The summed E-state index contributed by atoms with van der Waals surface area (Å²) in [6.07, 6.45) is 1.06. The first-order valence-corrected chi connectivity index (χ1v) is 5.73. The molecule has 0 amide bonds. The standard InChI is InChI=1S/C13H19Cl/c1-9-7-11(3)13(12(4)8-9)10(2)5-6-14/h7-8,10H,5-6H2,1-4H3. The van der Waals surface area contributed by atoms with Crippen LogP contribution in [0.3, 0.4) is 0 Å². The molecule has 78 valence electrons. The molecule has 0 N–H and O–H groups in total. The van der Waals surface area contributed by atoms with Crippen molar-refractivity contribution in [2.24, 2.45) is 0 Å². The molecule has 0 aliphatic rings. The van der Waals surface area contributed by atoms with E-state index in [0.29, 0.717) is 5.92 Å². The van der Waals surface area contributed by atoms with Gasteiger partial charge in [0.05, 0.1) is 0 Å². The Kier molecular flexibility index (Phi) is 4.00. The highest BCUT2D eigenvalue weighted by atomic mass is 35.5. The highest BCUT2D eigenvalue weighted by Crippen LogP contribution is 2.27. The van der Waals surface area contributed by atoms with Gasteiger partial charge in [-0.15, -0.1) is 11.6 Å². The minimum atomic E-state index is 0.577. The van der Waals surface area contributed by atoms with Crippen molar-refractivity contribution in [2.45, 2.75) is 40.0 Å². The van der Waals surface area contributed by atoms with Crippen LogP contribution < -0.4 is 0 Å². The second kappa shape index (κ2) is 4.84. The molecule has 0 bridgehead atoms. The van der Waals surface area contributed by atoms with Crippen LogP contribution in [-0.2, 0) is 0 Å². The second-order valence-corrected chi connectivity index (χ2v) is 4.57. The molecule has 1 heteroatoms. The minimum Gasteiger partial charge on any atom is -0.127 e. The van der Waals surface area contributed by atoms with Crippen LogP contribution in [0.2, 0.25) is 0 Å². The average molecular weight is 211 g/mol. The maximum atomic E-state index is 5.78. The molecular weight excluding hydrogens is 192 g/mol. The maximum Gasteiger partial charge on any atom is 0.0229 e. The summed E-state index contributed by atoms with van der Waals surface area (Å²) >= 11 is 5.78. The molecule has 1 atom stereocenters. The van der Waals surface area contributed by atoms with Gasteiger partial charge in [-0.05, 0) is 49.8 Å². The maximum absolute atomic E-state index is 5.78. The topological polar surface area (TPSA) is 0 Å². The predicted octanol–water partition coefficient (Wildman–Crippen LogP) is 4.34. The molecule has 0 aliphatic heterocycles. The van der Waals surface area contributed by atoms with Crippen LogP contribution >= 0.6 is 11.6 Å². The number of hydrogen-bond acceptors (Lipinski definition) is 0. The van der Waals surface area contributed by atoms with E-state index in [4.69, 9.17) is 11.6 Å². The summed E-state index contributed by atoms with van der Waals surface area (Å²) in [4.78, 5) is 0. The zero-order valence-corrected chi connectivity index (χ0v) is 10.3. The lowest BCUT2D eigenvalue weighted by Crippen LogP contribution is -2.01. The van der Waals surface area contributed by atoms with E-state index in [1.165, 1.54) is 22.3 Å². The summed E-state index contributed by atoms with van der Waals surface area (Å²) < 4.78 is 0. The van der Waals surface area contributed by atoms with Gasteiger partial charge in [0.15, 0.2) is 0 Å². The van der Waals surface area contributed by atoms with Gasteiger partial charge in [-0.3, -0.25) is 0 Å². The molecule has 1 aromatic carbocycles. The number of halogens is 1. The van der Waals surface area contributed by atoms with E-state index in [2.05, 4.69) is 39.8 Å². The Balaban J connectivity index is 3.07. The van der Waals surface area contributed by atoms with Crippen LogP contribution in [0.25, 0.3) is 0 Å². The predicted molar refractivity (Wildman–Crippen MR) is 64.4 cm³/mol. The molecule has 0 heterocycles. The average Bonchev–Trinajstić information content (AvgIpc) is 2.01. The highest BCUT2D eigenvalue weighted by Gasteiger charge is 2.10. The van der Waals surface area contributed by atoms with E-state index in [-0.39, 0.29) is 0 Å². The fourth-order valence-electron chi connectivity index (χ4n) is 2.28. The first-order valence-electron chi connectivity index (χ1n) is 5.20. The van der Waals surface area contributed by atoms with Gasteiger partial charge in [0.25, 0.3) is 0 Å². The van der Waals surface area contributed by atoms with Crippen molar-refractivity contribution in [2.75, 3.05) is 5.88 Å². The Morgan fingerprint density at radius 2 is 1.64 bits per heavy atom. The molecule has 14 heavy (non-hydrogen) atoms. The highest BCUT2D eigenvalue weighted by molar-refractivity contribution is 6.17. The van der Waals surface area contributed by atoms with E-state index in [0.717, 1.165) is 12.3 Å². The Labute approximate surface area is 92.3 Å². The van der Waals surface area contributed by atoms with Crippen LogP contribution in [0.1, 0.15) is 41.5 Å². The van der Waals surface area contributed by atoms with Crippen LogP contribution in [-0.4, -0.2) is 5.88 Å². The Hall–Kier alpha value is -0.490. The van der Waals surface area contributed by atoms with Gasteiger partial charge in [0.1, 0.15) is 0 Å². The number of aryl methyl sites for hydroxylation is 3. The molecule has 0 radical (unpaired) electrons. The second-order valence-electron chi connectivity index (χ2n) is 4.19. The summed E-state index contributed by atoms with van der Waals surface area (Å²) in [7, 11) is 0. The first kappa shape index (κ1) is 11.6. The third-order valence-electron chi connectivity index (χ3n) is 2.77. The monoisotopic (exact) mass is 210 g/mol. The zero-order valence-electron chi connectivity index (χ0n) is 9.52. The Bertz CT molecular complexity index is 292. The van der Waals surface area contributed by atoms with Crippen molar-refractivity contribution in [3.8, 4) is 0 Å². The van der Waals surface area contributed by atoms with E-state index in [1.807, 2.05) is 0 Å². The van der Waals surface area contributed by atoms with Gasteiger partial charge >= 0.3 is 0 Å². The van der Waals surface area contributed by atoms with E-state index in [1.54, 1.807) is 0 Å². The molecule has 0 saturated carbocycles. The summed E-state index contributed by atoms with van der Waals surface area (Å²) in [6, 6.07) is 4.51. The molecule has 0 aliphatic carbocycles. The van der Waals surface area contributed by atoms with Crippen LogP contribution in [0.4, 0.5) is 0 Å². The van der Waals surface area contributed by atoms with Crippen molar-refractivity contribution in [3.05, 3.63) is 34.4 Å². The molecule has 0 saturated heterocycles. The van der Waals surface area contributed by atoms with Crippen molar-refractivity contribution in [1.29, 1.82) is 0 Å². The zero-order chi connectivity index (χ0) is 10.7. The number of benzene rings is 1. The molecule has 0 fully saturated rings. The third-order valence-corrected chi connectivity index (χ3v) is 2.99. The summed E-state index contributed by atoms with van der Waals surface area (Å²) in [5, 5.41) is 0. The molecule has 1 aromatic rings. The fourth-order valence-corrected chi connectivity index (χ4v) is 2.60. The van der Waals surface area contributed by atoms with Gasteiger partial charge in [0.2, 0.25) is 0 Å². The largest absolute Gasteiger partial charge is 0.127 e. The molecule has 0 nitrogen and oxygen atoms in total. The Morgan fingerprint density at radius 1 is 1.14 bits per heavy atom. The normalized spacial score (nSPS) is 12.9. The Morgan fingerprint density at radius 3 is 2.07 bits per heavy atom. The fraction of sp³-hybridized carbons (Fsp3) is 0.538. The van der Waals surface area contributed by atoms with E-state index < -0.39 is 0 Å². The number of rotatable bonds is 3. The van der Waals surface area contributed by atoms with Crippen LogP contribution in [0.5, 0.6) is 0 Å². The van der Waals surface area contributed by atoms with E-state index in [9.17, 15) is 0 Å². The lowest BCUT2D eigenvalue weighted by atomic mass is 9.89. The molecule has 0 spiro atoms. The summed E-state index contributed by atoms with van der Waals surface area (Å²) in [5.41, 5.74) is 5.64. The summed E-state index contributed by atoms with van der Waals surface area (Å²) in [6.45, 7) is 8.79. The first-order chi connectivity index (χ1) is 6.56. The number of alkyl halides is 1. The van der Waals surface area contributed by atoms with Crippen molar-refractivity contribution >= 4 is 11.6 Å². The van der Waals surface area contributed by atoms with Crippen molar-refractivity contribution in [1.82, 2.24) is 0 Å². The molecule has 0 aromatic heterocycles. The van der Waals surface area contributed by atoms with Gasteiger partial charge < -0.3 is 0 Å². The van der Waals surface area contributed by atoms with Crippen LogP contribution in [0.15, 0.2) is 12.1 Å². The minimum absolute atomic E-state index is 0.577. The van der Waals surface area contributed by atoms with Gasteiger partial charge in [-0.1, -0.05) is 24.6 Å². The van der Waals surface area contributed by atoms with Gasteiger partial charge in [-0.2, -0.15) is 0 Å². The van der Waals surface area contributed by atoms with Crippen LogP contribution in [0, 0.1) is 20.8 Å². The lowest BCUT2D eigenvalue weighted by Gasteiger charge is -2.17. The number of hydrogen-bond donors (Lipinski definition) is 0. The molecule has 1 unspecified atom stereocenters. The van der Waals surface area contributed by atoms with Gasteiger partial charge in [0, 0.05) is 5.88 Å². The van der Waals surface area contributed by atoms with Crippen molar-refractivity contribution in [3.63, 3.8) is 0 Å². The summed E-state index contributed by atoms with van der Waals surface area (Å²) in [5.74, 6) is 1.32. The molecule has 1 rings (SSSR count). The molecular formula is C13H19Cl. The van der Waals surface area contributed by atoms with E-state index >= 15 is 0 Å². The third kappa shape index (κ3) is 2.51. The lowest BCUT2D eigenvalue weighted by molar-refractivity contribution is 0.727. The smallest absolute Gasteiger partial charge is 0.0229 e. The quantitative estimate of drug-likeness (QED) is 0.651. The van der Waals surface area contributed by atoms with Gasteiger partial charge in [-0.25, -0.2) is 0 Å².